The zero-order valence-electron chi connectivity index (χ0n) is 9.49. The fourth-order valence-electron chi connectivity index (χ4n) is 1.45. The van der Waals surface area contributed by atoms with Gasteiger partial charge in [0.1, 0.15) is 5.75 Å². The van der Waals surface area contributed by atoms with Crippen LogP contribution in [0.4, 0.5) is 0 Å². The van der Waals surface area contributed by atoms with Crippen LogP contribution in [-0.2, 0) is 9.47 Å². The van der Waals surface area contributed by atoms with Gasteiger partial charge >= 0.3 is 0 Å². The highest BCUT2D eigenvalue weighted by molar-refractivity contribution is 5.34. The van der Waals surface area contributed by atoms with Crippen molar-refractivity contribution in [3.05, 3.63) is 29.3 Å². The third-order valence-electron chi connectivity index (χ3n) is 2.14. The van der Waals surface area contributed by atoms with Gasteiger partial charge in [0.2, 0.25) is 0 Å². The molecule has 0 atom stereocenters. The summed E-state index contributed by atoms with van der Waals surface area (Å²) >= 11 is 0. The van der Waals surface area contributed by atoms with Crippen molar-refractivity contribution < 1.29 is 14.6 Å². The van der Waals surface area contributed by atoms with E-state index in [-0.39, 0.29) is 12.0 Å². The number of hydrogen-bond donors (Lipinski definition) is 1. The van der Waals surface area contributed by atoms with Gasteiger partial charge in [0.15, 0.2) is 6.29 Å². The van der Waals surface area contributed by atoms with Crippen LogP contribution in [0.25, 0.3) is 0 Å². The quantitative estimate of drug-likeness (QED) is 0.759. The van der Waals surface area contributed by atoms with Crippen LogP contribution in [0.1, 0.15) is 31.3 Å². The minimum absolute atomic E-state index is 0.267. The topological polar surface area (TPSA) is 38.7 Å². The monoisotopic (exact) mass is 210 g/mol. The molecular formula is C12H18O3. The van der Waals surface area contributed by atoms with Crippen LogP contribution in [-0.4, -0.2) is 18.3 Å². The van der Waals surface area contributed by atoms with Gasteiger partial charge in [-0.3, -0.25) is 0 Å². The SMILES string of the molecule is CCOC(OCC)c1ccc(O)cc1C. The number of rotatable bonds is 5. The molecule has 0 unspecified atom stereocenters. The van der Waals surface area contributed by atoms with Gasteiger partial charge in [-0.1, -0.05) is 6.07 Å². The molecular weight excluding hydrogens is 192 g/mol. The smallest absolute Gasteiger partial charge is 0.184 e. The van der Waals surface area contributed by atoms with Crippen molar-refractivity contribution in [3.63, 3.8) is 0 Å². The van der Waals surface area contributed by atoms with E-state index in [0.29, 0.717) is 13.2 Å². The van der Waals surface area contributed by atoms with Crippen LogP contribution in [0.5, 0.6) is 5.75 Å². The van der Waals surface area contributed by atoms with Gasteiger partial charge in [0, 0.05) is 18.8 Å². The summed E-state index contributed by atoms with van der Waals surface area (Å²) in [6.07, 6.45) is -0.333. The Bertz CT molecular complexity index is 304. The van der Waals surface area contributed by atoms with Crippen molar-refractivity contribution in [1.29, 1.82) is 0 Å². The van der Waals surface area contributed by atoms with Gasteiger partial charge in [0.25, 0.3) is 0 Å². The first-order chi connectivity index (χ1) is 7.19. The summed E-state index contributed by atoms with van der Waals surface area (Å²) < 4.78 is 11.0. The van der Waals surface area contributed by atoms with Gasteiger partial charge in [-0.15, -0.1) is 0 Å². The number of aryl methyl sites for hydroxylation is 1. The molecule has 0 aliphatic rings. The Morgan fingerprint density at radius 1 is 1.20 bits per heavy atom. The standard InChI is InChI=1S/C12H18O3/c1-4-14-12(15-5-2)11-7-6-10(13)8-9(11)3/h6-8,12-13H,4-5H2,1-3H3. The van der Waals surface area contributed by atoms with E-state index in [1.54, 1.807) is 12.1 Å². The van der Waals surface area contributed by atoms with Crippen LogP contribution in [0.2, 0.25) is 0 Å². The minimum Gasteiger partial charge on any atom is -0.508 e. The molecule has 0 saturated carbocycles. The highest BCUT2D eigenvalue weighted by Gasteiger charge is 2.13. The molecule has 0 fully saturated rings. The van der Waals surface area contributed by atoms with Gasteiger partial charge in [-0.05, 0) is 38.5 Å². The number of ether oxygens (including phenoxy) is 2. The summed E-state index contributed by atoms with van der Waals surface area (Å²) in [5, 5.41) is 9.30. The predicted octanol–water partition coefficient (Wildman–Crippen LogP) is 2.77. The van der Waals surface area contributed by atoms with Crippen molar-refractivity contribution >= 4 is 0 Å². The maximum absolute atomic E-state index is 9.30. The van der Waals surface area contributed by atoms with E-state index < -0.39 is 0 Å². The highest BCUT2D eigenvalue weighted by atomic mass is 16.7. The van der Waals surface area contributed by atoms with Crippen molar-refractivity contribution in [1.82, 2.24) is 0 Å². The Balaban J connectivity index is 2.89. The molecule has 1 rings (SSSR count). The molecule has 0 spiro atoms. The van der Waals surface area contributed by atoms with Gasteiger partial charge < -0.3 is 14.6 Å². The van der Waals surface area contributed by atoms with E-state index in [1.165, 1.54) is 0 Å². The van der Waals surface area contributed by atoms with Gasteiger partial charge in [-0.2, -0.15) is 0 Å². The number of hydrogen-bond acceptors (Lipinski definition) is 3. The fraction of sp³-hybridized carbons (Fsp3) is 0.500. The second kappa shape index (κ2) is 5.73. The molecule has 0 amide bonds. The number of benzene rings is 1. The van der Waals surface area contributed by atoms with Gasteiger partial charge in [0.05, 0.1) is 0 Å². The largest absolute Gasteiger partial charge is 0.508 e. The molecule has 84 valence electrons. The lowest BCUT2D eigenvalue weighted by molar-refractivity contribution is -0.140. The Kier molecular flexibility index (Phi) is 4.59. The van der Waals surface area contributed by atoms with Crippen molar-refractivity contribution in [3.8, 4) is 5.75 Å². The molecule has 1 aromatic carbocycles. The zero-order valence-corrected chi connectivity index (χ0v) is 9.49. The van der Waals surface area contributed by atoms with E-state index in [9.17, 15) is 5.11 Å². The first-order valence-corrected chi connectivity index (χ1v) is 5.21. The molecule has 0 aliphatic heterocycles. The van der Waals surface area contributed by atoms with Crippen LogP contribution in [0.3, 0.4) is 0 Å². The fourth-order valence-corrected chi connectivity index (χ4v) is 1.45. The first-order valence-electron chi connectivity index (χ1n) is 5.21. The third kappa shape index (κ3) is 3.22. The molecule has 15 heavy (non-hydrogen) atoms. The molecule has 0 radical (unpaired) electrons. The number of phenols is 1. The summed E-state index contributed by atoms with van der Waals surface area (Å²) in [4.78, 5) is 0. The Hall–Kier alpha value is -1.06. The Morgan fingerprint density at radius 3 is 2.27 bits per heavy atom. The summed E-state index contributed by atoms with van der Waals surface area (Å²) in [5.74, 6) is 0.267. The van der Waals surface area contributed by atoms with Crippen molar-refractivity contribution in [2.24, 2.45) is 0 Å². The third-order valence-corrected chi connectivity index (χ3v) is 2.14. The molecule has 0 saturated heterocycles. The summed E-state index contributed by atoms with van der Waals surface area (Å²) in [6.45, 7) is 7.00. The summed E-state index contributed by atoms with van der Waals surface area (Å²) in [7, 11) is 0. The van der Waals surface area contributed by atoms with E-state index in [2.05, 4.69) is 0 Å². The Labute approximate surface area is 90.6 Å². The molecule has 0 aromatic heterocycles. The minimum atomic E-state index is -0.333. The maximum Gasteiger partial charge on any atom is 0.184 e. The molecule has 0 aliphatic carbocycles. The average molecular weight is 210 g/mol. The lowest BCUT2D eigenvalue weighted by Crippen LogP contribution is -2.10. The molecule has 3 nitrogen and oxygen atoms in total. The van der Waals surface area contributed by atoms with Crippen molar-refractivity contribution in [2.45, 2.75) is 27.1 Å². The van der Waals surface area contributed by atoms with Crippen LogP contribution in [0.15, 0.2) is 18.2 Å². The predicted molar refractivity (Wildman–Crippen MR) is 58.8 cm³/mol. The van der Waals surface area contributed by atoms with Crippen LogP contribution < -0.4 is 0 Å². The highest BCUT2D eigenvalue weighted by Crippen LogP contribution is 2.25. The molecule has 0 bridgehead atoms. The van der Waals surface area contributed by atoms with Crippen LogP contribution >= 0.6 is 0 Å². The maximum atomic E-state index is 9.30. The number of phenolic OH excluding ortho intramolecular Hbond substituents is 1. The summed E-state index contributed by atoms with van der Waals surface area (Å²) in [5.41, 5.74) is 1.94. The van der Waals surface area contributed by atoms with Gasteiger partial charge in [-0.25, -0.2) is 0 Å². The second-order valence-electron chi connectivity index (χ2n) is 3.28. The zero-order chi connectivity index (χ0) is 11.3. The molecule has 1 aromatic rings. The van der Waals surface area contributed by atoms with Crippen molar-refractivity contribution in [2.75, 3.05) is 13.2 Å². The average Bonchev–Trinajstić information content (AvgIpc) is 2.17. The molecule has 1 N–H and O–H groups in total. The number of aromatic hydroxyl groups is 1. The first kappa shape index (κ1) is 12.0. The second-order valence-corrected chi connectivity index (χ2v) is 3.28. The van der Waals surface area contributed by atoms with E-state index in [0.717, 1.165) is 11.1 Å². The summed E-state index contributed by atoms with van der Waals surface area (Å²) in [6, 6.07) is 5.19. The lowest BCUT2D eigenvalue weighted by Gasteiger charge is -2.19. The normalized spacial score (nSPS) is 10.9. The molecule has 0 heterocycles. The Morgan fingerprint density at radius 2 is 1.80 bits per heavy atom. The molecule has 3 heteroatoms. The van der Waals surface area contributed by atoms with Crippen LogP contribution in [0, 0.1) is 6.92 Å². The van der Waals surface area contributed by atoms with E-state index in [1.807, 2.05) is 26.8 Å². The lowest BCUT2D eigenvalue weighted by atomic mass is 10.1. The van der Waals surface area contributed by atoms with E-state index >= 15 is 0 Å². The van der Waals surface area contributed by atoms with E-state index in [4.69, 9.17) is 9.47 Å².